The van der Waals surface area contributed by atoms with E-state index in [4.69, 9.17) is 4.74 Å². The number of hydrogen-bond donors (Lipinski definition) is 2. The second kappa shape index (κ2) is 6.18. The van der Waals surface area contributed by atoms with Crippen LogP contribution in [-0.4, -0.2) is 35.6 Å². The Labute approximate surface area is 125 Å². The van der Waals surface area contributed by atoms with Gasteiger partial charge in [-0.05, 0) is 19.3 Å². The van der Waals surface area contributed by atoms with Crippen molar-refractivity contribution < 1.29 is 9.53 Å². The molecule has 0 unspecified atom stereocenters. The Bertz CT molecular complexity index is 504. The van der Waals surface area contributed by atoms with Gasteiger partial charge in [-0.15, -0.1) is 0 Å². The summed E-state index contributed by atoms with van der Waals surface area (Å²) in [4.78, 5) is 20.4. The Hall–Kier alpha value is -1.36. The minimum atomic E-state index is 0.0836. The molecule has 0 aromatic carbocycles. The Morgan fingerprint density at radius 1 is 1.48 bits per heavy atom. The highest BCUT2D eigenvalue weighted by molar-refractivity contribution is 5.79. The van der Waals surface area contributed by atoms with Crippen molar-refractivity contribution >= 4 is 5.91 Å². The quantitative estimate of drug-likeness (QED) is 0.889. The zero-order chi connectivity index (χ0) is 14.8. The molecule has 2 atom stereocenters. The lowest BCUT2D eigenvalue weighted by atomic mass is 9.89. The van der Waals surface area contributed by atoms with Gasteiger partial charge in [0, 0.05) is 43.0 Å². The first kappa shape index (κ1) is 14.6. The van der Waals surface area contributed by atoms with Gasteiger partial charge >= 0.3 is 0 Å². The van der Waals surface area contributed by atoms with Crippen LogP contribution in [-0.2, 0) is 22.4 Å². The van der Waals surface area contributed by atoms with Gasteiger partial charge < -0.3 is 15.0 Å². The van der Waals surface area contributed by atoms with Crippen molar-refractivity contribution in [1.29, 1.82) is 0 Å². The van der Waals surface area contributed by atoms with E-state index in [9.17, 15) is 4.79 Å². The van der Waals surface area contributed by atoms with Gasteiger partial charge in [0.15, 0.2) is 0 Å². The fourth-order valence-electron chi connectivity index (χ4n) is 3.13. The molecule has 1 aliphatic carbocycles. The Balaban J connectivity index is 1.56. The molecule has 1 aromatic rings. The number of aryl methyl sites for hydroxylation is 1. The van der Waals surface area contributed by atoms with E-state index in [0.717, 1.165) is 62.7 Å². The van der Waals surface area contributed by atoms with Crippen molar-refractivity contribution in [2.24, 2.45) is 11.8 Å². The van der Waals surface area contributed by atoms with Crippen LogP contribution in [0.5, 0.6) is 0 Å². The molecule has 1 fully saturated rings. The van der Waals surface area contributed by atoms with Gasteiger partial charge in [-0.3, -0.25) is 4.79 Å². The van der Waals surface area contributed by atoms with E-state index in [-0.39, 0.29) is 11.8 Å². The molecular formula is C16H25N3O2. The molecule has 1 aromatic heterocycles. The van der Waals surface area contributed by atoms with E-state index in [1.807, 2.05) is 0 Å². The predicted molar refractivity (Wildman–Crippen MR) is 80.1 cm³/mol. The molecule has 21 heavy (non-hydrogen) atoms. The molecule has 2 heterocycles. The Morgan fingerprint density at radius 2 is 2.33 bits per heavy atom. The lowest BCUT2D eigenvalue weighted by Gasteiger charge is -2.21. The highest BCUT2D eigenvalue weighted by Gasteiger charge is 2.28. The lowest BCUT2D eigenvalue weighted by molar-refractivity contribution is -0.125. The maximum absolute atomic E-state index is 12.3. The number of nitrogens with one attached hydrogen (secondary N) is 2. The molecular weight excluding hydrogens is 266 g/mol. The summed E-state index contributed by atoms with van der Waals surface area (Å²) in [5.74, 6) is 2.22. The van der Waals surface area contributed by atoms with Crippen LogP contribution in [0.1, 0.15) is 49.8 Å². The molecule has 116 valence electrons. The first-order chi connectivity index (χ1) is 10.1. The van der Waals surface area contributed by atoms with E-state index in [0.29, 0.717) is 11.8 Å². The summed E-state index contributed by atoms with van der Waals surface area (Å²) in [6, 6.07) is 0. The second-order valence-electron chi connectivity index (χ2n) is 6.62. The monoisotopic (exact) mass is 291 g/mol. The van der Waals surface area contributed by atoms with Crippen molar-refractivity contribution in [3.05, 3.63) is 17.2 Å². The second-order valence-corrected chi connectivity index (χ2v) is 6.62. The fourth-order valence-corrected chi connectivity index (χ4v) is 3.13. The number of hydrogen-bond acceptors (Lipinski definition) is 3. The molecule has 0 spiro atoms. The highest BCUT2D eigenvalue weighted by atomic mass is 16.5. The number of nitrogens with zero attached hydrogens (tertiary/aromatic N) is 1. The maximum atomic E-state index is 12.3. The number of carbonyl (C=O) groups is 1. The molecule has 3 rings (SSSR count). The summed E-state index contributed by atoms with van der Waals surface area (Å²) in [7, 11) is 0. The van der Waals surface area contributed by atoms with Crippen LogP contribution in [0.25, 0.3) is 0 Å². The zero-order valence-corrected chi connectivity index (χ0v) is 12.9. The highest BCUT2D eigenvalue weighted by Crippen LogP contribution is 2.26. The van der Waals surface area contributed by atoms with Crippen LogP contribution in [0.2, 0.25) is 0 Å². The first-order valence-electron chi connectivity index (χ1n) is 8.06. The Kier molecular flexibility index (Phi) is 4.29. The van der Waals surface area contributed by atoms with Crippen LogP contribution < -0.4 is 5.32 Å². The van der Waals surface area contributed by atoms with Gasteiger partial charge in [0.1, 0.15) is 5.82 Å². The molecule has 2 N–H and O–H groups in total. The summed E-state index contributed by atoms with van der Waals surface area (Å²) in [6.07, 6.45) is 3.67. The number of carbonyl (C=O) groups excluding carboxylic acids is 1. The summed E-state index contributed by atoms with van der Waals surface area (Å²) < 4.78 is 5.34. The van der Waals surface area contributed by atoms with Crippen molar-refractivity contribution in [3.63, 3.8) is 0 Å². The van der Waals surface area contributed by atoms with Gasteiger partial charge in [0.05, 0.1) is 12.3 Å². The predicted octanol–water partition coefficient (Wildman–Crippen LogP) is 1.79. The van der Waals surface area contributed by atoms with Gasteiger partial charge in [-0.25, -0.2) is 4.98 Å². The van der Waals surface area contributed by atoms with Crippen molar-refractivity contribution in [2.75, 3.05) is 19.8 Å². The maximum Gasteiger partial charge on any atom is 0.223 e. The number of imidazole rings is 1. The summed E-state index contributed by atoms with van der Waals surface area (Å²) in [6.45, 7) is 6.64. The molecule has 0 bridgehead atoms. The third kappa shape index (κ3) is 3.28. The van der Waals surface area contributed by atoms with Crippen molar-refractivity contribution in [3.8, 4) is 0 Å². The summed E-state index contributed by atoms with van der Waals surface area (Å²) >= 11 is 0. The normalized spacial score (nSPS) is 25.1. The number of fused-ring (bicyclic) bond motifs is 1. The van der Waals surface area contributed by atoms with Gasteiger partial charge in [0.25, 0.3) is 0 Å². The zero-order valence-electron chi connectivity index (χ0n) is 12.9. The minimum absolute atomic E-state index is 0.0836. The average Bonchev–Trinajstić information content (AvgIpc) is 3.12. The summed E-state index contributed by atoms with van der Waals surface area (Å²) in [5.41, 5.74) is 2.32. The van der Waals surface area contributed by atoms with Crippen LogP contribution in [0.4, 0.5) is 0 Å². The molecule has 0 saturated carbocycles. The largest absolute Gasteiger partial charge is 0.381 e. The third-order valence-corrected chi connectivity index (χ3v) is 4.57. The molecule has 5 heteroatoms. The van der Waals surface area contributed by atoms with Crippen molar-refractivity contribution in [2.45, 2.75) is 45.4 Å². The van der Waals surface area contributed by atoms with E-state index in [2.05, 4.69) is 29.1 Å². The van der Waals surface area contributed by atoms with Gasteiger partial charge in [-0.1, -0.05) is 13.8 Å². The SMILES string of the molecule is CC(C)c1nc2c([nH]1)C[C@H](C(=O)NC[C@@H]1CCOC1)CC2. The molecule has 2 aliphatic rings. The molecule has 1 saturated heterocycles. The van der Waals surface area contributed by atoms with Crippen molar-refractivity contribution in [1.82, 2.24) is 15.3 Å². The molecule has 1 amide bonds. The Morgan fingerprint density at radius 3 is 3.05 bits per heavy atom. The molecule has 5 nitrogen and oxygen atoms in total. The van der Waals surface area contributed by atoms with Crippen LogP contribution in [0.15, 0.2) is 0 Å². The smallest absolute Gasteiger partial charge is 0.223 e. The average molecular weight is 291 g/mol. The number of amides is 1. The number of rotatable bonds is 4. The van der Waals surface area contributed by atoms with E-state index < -0.39 is 0 Å². The van der Waals surface area contributed by atoms with Gasteiger partial charge in [0.2, 0.25) is 5.91 Å². The lowest BCUT2D eigenvalue weighted by Crippen LogP contribution is -2.37. The molecule has 0 radical (unpaired) electrons. The number of aromatic amines is 1. The van der Waals surface area contributed by atoms with Crippen LogP contribution in [0, 0.1) is 11.8 Å². The number of H-pyrrole nitrogens is 1. The third-order valence-electron chi connectivity index (χ3n) is 4.57. The number of aromatic nitrogens is 2. The minimum Gasteiger partial charge on any atom is -0.381 e. The fraction of sp³-hybridized carbons (Fsp3) is 0.750. The van der Waals surface area contributed by atoms with E-state index >= 15 is 0 Å². The van der Waals surface area contributed by atoms with Gasteiger partial charge in [-0.2, -0.15) is 0 Å². The van der Waals surface area contributed by atoms with Crippen LogP contribution in [0.3, 0.4) is 0 Å². The van der Waals surface area contributed by atoms with Crippen LogP contribution >= 0.6 is 0 Å². The first-order valence-corrected chi connectivity index (χ1v) is 8.06. The standard InChI is InChI=1S/C16H25N3O2/c1-10(2)15-18-13-4-3-12(7-14(13)19-15)16(20)17-8-11-5-6-21-9-11/h10-12H,3-9H2,1-2H3,(H,17,20)(H,18,19)/t11-,12+/m0/s1. The number of ether oxygens (including phenoxy) is 1. The van der Waals surface area contributed by atoms with E-state index in [1.165, 1.54) is 0 Å². The topological polar surface area (TPSA) is 67.0 Å². The molecule has 1 aliphatic heterocycles. The van der Waals surface area contributed by atoms with E-state index in [1.54, 1.807) is 0 Å². The summed E-state index contributed by atoms with van der Waals surface area (Å²) in [5, 5.41) is 3.10.